The molecule has 0 saturated heterocycles. The first-order chi connectivity index (χ1) is 8.93. The summed E-state index contributed by atoms with van der Waals surface area (Å²) >= 11 is 0. The molecule has 0 aliphatic carbocycles. The highest BCUT2D eigenvalue weighted by molar-refractivity contribution is 5.81. The Kier molecular flexibility index (Phi) is 3.02. The number of rotatable bonds is 4. The van der Waals surface area contributed by atoms with Gasteiger partial charge in [0.05, 0.1) is 11.8 Å². The first-order valence-electron chi connectivity index (χ1n) is 5.94. The van der Waals surface area contributed by atoms with Crippen molar-refractivity contribution in [3.63, 3.8) is 0 Å². The maximum atomic E-state index is 4.36. The average Bonchev–Trinajstić information content (AvgIpc) is 2.92. The number of benzene rings is 1. The fourth-order valence-electron chi connectivity index (χ4n) is 2.02. The first kappa shape index (κ1) is 10.9. The SMILES string of the molecule is c1ccc2c(CNCc3cnc[nH]3)ccnc2c1. The second kappa shape index (κ2) is 4.98. The predicted molar refractivity (Wildman–Crippen MR) is 70.9 cm³/mol. The lowest BCUT2D eigenvalue weighted by atomic mass is 10.1. The van der Waals surface area contributed by atoms with E-state index in [0.29, 0.717) is 0 Å². The maximum Gasteiger partial charge on any atom is 0.0922 e. The highest BCUT2D eigenvalue weighted by atomic mass is 14.9. The van der Waals surface area contributed by atoms with Gasteiger partial charge in [-0.05, 0) is 17.7 Å². The van der Waals surface area contributed by atoms with Crippen molar-refractivity contribution in [3.8, 4) is 0 Å². The van der Waals surface area contributed by atoms with Crippen molar-refractivity contribution < 1.29 is 0 Å². The van der Waals surface area contributed by atoms with Crippen molar-refractivity contribution in [2.45, 2.75) is 13.1 Å². The number of aromatic nitrogens is 3. The molecule has 2 N–H and O–H groups in total. The van der Waals surface area contributed by atoms with Crippen molar-refractivity contribution in [2.24, 2.45) is 0 Å². The maximum absolute atomic E-state index is 4.36. The summed E-state index contributed by atoms with van der Waals surface area (Å²) in [4.78, 5) is 11.4. The zero-order valence-corrected chi connectivity index (χ0v) is 9.93. The number of nitrogens with one attached hydrogen (secondary N) is 2. The quantitative estimate of drug-likeness (QED) is 0.733. The summed E-state index contributed by atoms with van der Waals surface area (Å²) in [6, 6.07) is 10.3. The van der Waals surface area contributed by atoms with Crippen LogP contribution in [0.4, 0.5) is 0 Å². The summed E-state index contributed by atoms with van der Waals surface area (Å²) in [5, 5.41) is 4.60. The summed E-state index contributed by atoms with van der Waals surface area (Å²) in [7, 11) is 0. The Balaban J connectivity index is 1.74. The molecule has 0 atom stereocenters. The normalized spacial score (nSPS) is 10.9. The Morgan fingerprint density at radius 2 is 2.06 bits per heavy atom. The van der Waals surface area contributed by atoms with E-state index in [1.54, 1.807) is 6.33 Å². The molecule has 0 fully saturated rings. The van der Waals surface area contributed by atoms with Crippen LogP contribution in [0, 0.1) is 0 Å². The third-order valence-electron chi connectivity index (χ3n) is 2.93. The second-order valence-electron chi connectivity index (χ2n) is 4.17. The lowest BCUT2D eigenvalue weighted by Gasteiger charge is -2.06. The van der Waals surface area contributed by atoms with E-state index in [2.05, 4.69) is 32.4 Å². The van der Waals surface area contributed by atoms with Gasteiger partial charge < -0.3 is 10.3 Å². The summed E-state index contributed by atoms with van der Waals surface area (Å²) in [5.74, 6) is 0. The lowest BCUT2D eigenvalue weighted by molar-refractivity contribution is 0.685. The van der Waals surface area contributed by atoms with Crippen molar-refractivity contribution in [2.75, 3.05) is 0 Å². The number of para-hydroxylation sites is 1. The molecule has 0 amide bonds. The molecule has 4 heteroatoms. The minimum Gasteiger partial charge on any atom is -0.347 e. The van der Waals surface area contributed by atoms with Gasteiger partial charge in [-0.3, -0.25) is 4.98 Å². The van der Waals surface area contributed by atoms with Crippen LogP contribution in [-0.2, 0) is 13.1 Å². The summed E-state index contributed by atoms with van der Waals surface area (Å²) in [5.41, 5.74) is 3.40. The van der Waals surface area contributed by atoms with Crippen LogP contribution in [0.5, 0.6) is 0 Å². The third-order valence-corrected chi connectivity index (χ3v) is 2.93. The Bertz CT molecular complexity index is 626. The molecule has 0 aliphatic rings. The van der Waals surface area contributed by atoms with Gasteiger partial charge in [-0.15, -0.1) is 0 Å². The monoisotopic (exact) mass is 238 g/mol. The standard InChI is InChI=1S/C14H14N4/c1-2-4-14-13(3-1)11(5-6-17-14)7-15-8-12-9-16-10-18-12/h1-6,9-10,15H,7-8H2,(H,16,18). The van der Waals surface area contributed by atoms with E-state index in [1.165, 1.54) is 10.9 Å². The van der Waals surface area contributed by atoms with Crippen LogP contribution in [0.3, 0.4) is 0 Å². The highest BCUT2D eigenvalue weighted by Gasteiger charge is 2.01. The Hall–Kier alpha value is -2.20. The van der Waals surface area contributed by atoms with Gasteiger partial charge in [0.1, 0.15) is 0 Å². The topological polar surface area (TPSA) is 53.6 Å². The number of nitrogens with zero attached hydrogens (tertiary/aromatic N) is 2. The molecular weight excluding hydrogens is 224 g/mol. The third kappa shape index (κ3) is 2.24. The fourth-order valence-corrected chi connectivity index (χ4v) is 2.02. The number of aromatic amines is 1. The van der Waals surface area contributed by atoms with E-state index in [0.717, 1.165) is 24.3 Å². The molecule has 2 heterocycles. The largest absolute Gasteiger partial charge is 0.347 e. The lowest BCUT2D eigenvalue weighted by Crippen LogP contribution is -2.13. The molecule has 3 rings (SSSR count). The molecule has 1 aromatic carbocycles. The van der Waals surface area contributed by atoms with Crippen molar-refractivity contribution in [3.05, 3.63) is 60.3 Å². The Morgan fingerprint density at radius 1 is 1.11 bits per heavy atom. The summed E-state index contributed by atoms with van der Waals surface area (Å²) in [6.45, 7) is 1.61. The number of pyridine rings is 1. The van der Waals surface area contributed by atoms with Gasteiger partial charge in [0.2, 0.25) is 0 Å². The van der Waals surface area contributed by atoms with E-state index in [1.807, 2.05) is 30.6 Å². The van der Waals surface area contributed by atoms with E-state index in [-0.39, 0.29) is 0 Å². The van der Waals surface area contributed by atoms with E-state index < -0.39 is 0 Å². The van der Waals surface area contributed by atoms with Gasteiger partial charge in [-0.1, -0.05) is 18.2 Å². The number of fused-ring (bicyclic) bond motifs is 1. The van der Waals surface area contributed by atoms with Gasteiger partial charge >= 0.3 is 0 Å². The van der Waals surface area contributed by atoms with Crippen LogP contribution in [0.15, 0.2) is 49.1 Å². The van der Waals surface area contributed by atoms with Gasteiger partial charge in [-0.25, -0.2) is 4.98 Å². The van der Waals surface area contributed by atoms with E-state index in [9.17, 15) is 0 Å². The van der Waals surface area contributed by atoms with E-state index >= 15 is 0 Å². The number of hydrogen-bond donors (Lipinski definition) is 2. The van der Waals surface area contributed by atoms with Crippen molar-refractivity contribution >= 4 is 10.9 Å². The molecule has 18 heavy (non-hydrogen) atoms. The smallest absolute Gasteiger partial charge is 0.0922 e. The molecule has 0 aliphatic heterocycles. The Morgan fingerprint density at radius 3 is 2.94 bits per heavy atom. The van der Waals surface area contributed by atoms with Gasteiger partial charge in [0, 0.05) is 36.6 Å². The molecule has 0 saturated carbocycles. The molecule has 4 nitrogen and oxygen atoms in total. The second-order valence-corrected chi connectivity index (χ2v) is 4.17. The predicted octanol–water partition coefficient (Wildman–Crippen LogP) is 2.25. The fraction of sp³-hybridized carbons (Fsp3) is 0.143. The number of hydrogen-bond acceptors (Lipinski definition) is 3. The van der Waals surface area contributed by atoms with Crippen LogP contribution >= 0.6 is 0 Å². The number of imidazole rings is 1. The van der Waals surface area contributed by atoms with Crippen molar-refractivity contribution in [1.82, 2.24) is 20.3 Å². The summed E-state index contributed by atoms with van der Waals surface area (Å²) < 4.78 is 0. The van der Waals surface area contributed by atoms with Gasteiger partial charge in [0.15, 0.2) is 0 Å². The van der Waals surface area contributed by atoms with Gasteiger partial charge in [-0.2, -0.15) is 0 Å². The van der Waals surface area contributed by atoms with Crippen LogP contribution in [0.2, 0.25) is 0 Å². The zero-order chi connectivity index (χ0) is 12.2. The van der Waals surface area contributed by atoms with Crippen LogP contribution in [0.1, 0.15) is 11.3 Å². The average molecular weight is 238 g/mol. The molecule has 2 aromatic heterocycles. The highest BCUT2D eigenvalue weighted by Crippen LogP contribution is 2.15. The van der Waals surface area contributed by atoms with Gasteiger partial charge in [0.25, 0.3) is 0 Å². The molecule has 3 aromatic rings. The molecule has 0 bridgehead atoms. The Labute approximate surface area is 105 Å². The first-order valence-corrected chi connectivity index (χ1v) is 5.94. The molecule has 0 spiro atoms. The zero-order valence-electron chi connectivity index (χ0n) is 9.93. The summed E-state index contributed by atoms with van der Waals surface area (Å²) in [6.07, 6.45) is 5.38. The molecule has 90 valence electrons. The minimum absolute atomic E-state index is 0.788. The van der Waals surface area contributed by atoms with E-state index in [4.69, 9.17) is 0 Å². The minimum atomic E-state index is 0.788. The van der Waals surface area contributed by atoms with Crippen LogP contribution in [-0.4, -0.2) is 15.0 Å². The van der Waals surface area contributed by atoms with Crippen molar-refractivity contribution in [1.29, 1.82) is 0 Å². The molecular formula is C14H14N4. The number of H-pyrrole nitrogens is 1. The van der Waals surface area contributed by atoms with Crippen LogP contribution < -0.4 is 5.32 Å². The molecule has 0 unspecified atom stereocenters. The molecule has 0 radical (unpaired) electrons. The van der Waals surface area contributed by atoms with Crippen LogP contribution in [0.25, 0.3) is 10.9 Å².